The van der Waals surface area contributed by atoms with E-state index in [1.54, 1.807) is 0 Å². The molecule has 3 heteroatoms. The number of rotatable bonds is 2. The second kappa shape index (κ2) is 5.19. The first-order chi connectivity index (χ1) is 9.95. The van der Waals surface area contributed by atoms with Gasteiger partial charge in [0.1, 0.15) is 10.9 Å². The third-order valence-electron chi connectivity index (χ3n) is 3.58. The smallest absolute Gasteiger partial charge is 0.218 e. The van der Waals surface area contributed by atoms with Crippen LogP contribution in [-0.2, 0) is 5.41 Å². The van der Waals surface area contributed by atoms with Gasteiger partial charge in [-0.25, -0.2) is 4.98 Å². The van der Waals surface area contributed by atoms with Gasteiger partial charge < -0.3 is 4.42 Å². The monoisotopic (exact) mass is 299 g/mol. The van der Waals surface area contributed by atoms with Crippen molar-refractivity contribution in [1.82, 2.24) is 4.98 Å². The number of oxazole rings is 1. The molecule has 3 rings (SSSR count). The van der Waals surface area contributed by atoms with Crippen LogP contribution in [0.4, 0.5) is 0 Å². The summed E-state index contributed by atoms with van der Waals surface area (Å²) in [6.45, 7) is 6.55. The minimum absolute atomic E-state index is 0.0904. The lowest BCUT2D eigenvalue weighted by Crippen LogP contribution is -2.10. The predicted octanol–water partition coefficient (Wildman–Crippen LogP) is 5.45. The molecule has 0 saturated carbocycles. The van der Waals surface area contributed by atoms with Crippen molar-refractivity contribution in [2.24, 2.45) is 0 Å². The molecule has 0 fully saturated rings. The second-order valence-corrected chi connectivity index (χ2v) is 6.69. The molecule has 0 N–H and O–H groups in total. The van der Waals surface area contributed by atoms with E-state index in [4.69, 9.17) is 16.0 Å². The zero-order valence-corrected chi connectivity index (χ0v) is 13.2. The van der Waals surface area contributed by atoms with Crippen molar-refractivity contribution in [2.45, 2.75) is 31.6 Å². The summed E-state index contributed by atoms with van der Waals surface area (Å²) in [5, 5.41) is -0.364. The Hall–Kier alpha value is -1.80. The van der Waals surface area contributed by atoms with Gasteiger partial charge in [0.2, 0.25) is 5.89 Å². The van der Waals surface area contributed by atoms with Crippen LogP contribution in [0.3, 0.4) is 0 Å². The minimum Gasteiger partial charge on any atom is -0.439 e. The van der Waals surface area contributed by atoms with Crippen LogP contribution in [0.2, 0.25) is 0 Å². The molecule has 0 aliphatic carbocycles. The molecule has 0 bridgehead atoms. The molecule has 1 unspecified atom stereocenters. The largest absolute Gasteiger partial charge is 0.439 e. The topological polar surface area (TPSA) is 26.0 Å². The van der Waals surface area contributed by atoms with Crippen LogP contribution in [0.15, 0.2) is 52.9 Å². The van der Waals surface area contributed by atoms with E-state index in [9.17, 15) is 0 Å². The first-order valence-corrected chi connectivity index (χ1v) is 7.49. The average molecular weight is 300 g/mol. The van der Waals surface area contributed by atoms with Crippen molar-refractivity contribution in [3.63, 3.8) is 0 Å². The molecular weight excluding hydrogens is 282 g/mol. The molecule has 0 radical (unpaired) electrons. The van der Waals surface area contributed by atoms with Gasteiger partial charge in [0, 0.05) is 0 Å². The number of hydrogen-bond acceptors (Lipinski definition) is 2. The Balaban J connectivity index is 2.02. The lowest BCUT2D eigenvalue weighted by Gasteiger charge is -2.18. The molecule has 0 spiro atoms. The van der Waals surface area contributed by atoms with Crippen LogP contribution < -0.4 is 0 Å². The predicted molar refractivity (Wildman–Crippen MR) is 86.8 cm³/mol. The molecule has 21 heavy (non-hydrogen) atoms. The summed E-state index contributed by atoms with van der Waals surface area (Å²) in [6, 6.07) is 16.0. The molecular formula is C18H18ClNO. The summed E-state index contributed by atoms with van der Waals surface area (Å²) >= 11 is 6.48. The summed E-state index contributed by atoms with van der Waals surface area (Å²) in [5.41, 5.74) is 3.95. The van der Waals surface area contributed by atoms with Crippen LogP contribution in [0.25, 0.3) is 11.1 Å². The number of halogens is 1. The number of hydrogen-bond donors (Lipinski definition) is 0. The van der Waals surface area contributed by atoms with E-state index in [-0.39, 0.29) is 10.8 Å². The lowest BCUT2D eigenvalue weighted by molar-refractivity contribution is 0.538. The van der Waals surface area contributed by atoms with Crippen molar-refractivity contribution >= 4 is 22.7 Å². The van der Waals surface area contributed by atoms with Crippen molar-refractivity contribution < 1.29 is 4.42 Å². The van der Waals surface area contributed by atoms with Gasteiger partial charge in [0.15, 0.2) is 5.58 Å². The Kier molecular flexibility index (Phi) is 3.50. The number of alkyl halides is 1. The molecule has 1 aromatic heterocycles. The summed E-state index contributed by atoms with van der Waals surface area (Å²) in [5.74, 6) is 0.545. The van der Waals surface area contributed by atoms with Gasteiger partial charge >= 0.3 is 0 Å². The first kappa shape index (κ1) is 14.2. The van der Waals surface area contributed by atoms with Crippen LogP contribution in [-0.4, -0.2) is 4.98 Å². The first-order valence-electron chi connectivity index (χ1n) is 7.05. The summed E-state index contributed by atoms with van der Waals surface area (Å²) in [7, 11) is 0. The Bertz CT molecular complexity index is 756. The maximum absolute atomic E-state index is 6.48. The molecule has 1 atom stereocenters. The molecule has 0 saturated heterocycles. The van der Waals surface area contributed by atoms with Gasteiger partial charge in [0.05, 0.1) is 0 Å². The van der Waals surface area contributed by atoms with E-state index >= 15 is 0 Å². The number of aromatic nitrogens is 1. The highest BCUT2D eigenvalue weighted by Gasteiger charge is 2.19. The maximum Gasteiger partial charge on any atom is 0.218 e. The minimum atomic E-state index is -0.364. The van der Waals surface area contributed by atoms with Crippen molar-refractivity contribution in [3.05, 3.63) is 65.5 Å². The highest BCUT2D eigenvalue weighted by Crippen LogP contribution is 2.32. The highest BCUT2D eigenvalue weighted by molar-refractivity contribution is 6.22. The van der Waals surface area contributed by atoms with Gasteiger partial charge in [-0.15, -0.1) is 11.6 Å². The summed E-state index contributed by atoms with van der Waals surface area (Å²) in [6.07, 6.45) is 0. The van der Waals surface area contributed by atoms with Crippen molar-refractivity contribution in [1.29, 1.82) is 0 Å². The van der Waals surface area contributed by atoms with Gasteiger partial charge in [-0.3, -0.25) is 0 Å². The molecule has 108 valence electrons. The fraction of sp³-hybridized carbons (Fsp3) is 0.278. The van der Waals surface area contributed by atoms with E-state index in [1.807, 2.05) is 36.4 Å². The number of nitrogens with zero attached hydrogens (tertiary/aromatic N) is 1. The van der Waals surface area contributed by atoms with E-state index in [0.29, 0.717) is 5.89 Å². The fourth-order valence-corrected chi connectivity index (χ4v) is 2.52. The molecule has 2 aromatic carbocycles. The van der Waals surface area contributed by atoms with E-state index in [1.165, 1.54) is 5.56 Å². The summed E-state index contributed by atoms with van der Waals surface area (Å²) in [4.78, 5) is 4.56. The van der Waals surface area contributed by atoms with Crippen LogP contribution in [0.5, 0.6) is 0 Å². The standard InChI is InChI=1S/C18H18ClNO/c1-18(2,3)13-9-10-15-14(11-13)20-17(21-15)16(19)12-7-5-4-6-8-12/h4-11,16H,1-3H3. The van der Waals surface area contributed by atoms with Gasteiger partial charge in [0.25, 0.3) is 0 Å². The Morgan fingerprint density at radius 2 is 1.76 bits per heavy atom. The third kappa shape index (κ3) is 2.81. The maximum atomic E-state index is 6.48. The normalized spacial score (nSPS) is 13.5. The van der Waals surface area contributed by atoms with E-state index < -0.39 is 0 Å². The zero-order valence-electron chi connectivity index (χ0n) is 12.4. The molecule has 3 aromatic rings. The van der Waals surface area contributed by atoms with E-state index in [2.05, 4.69) is 37.9 Å². The number of benzene rings is 2. The zero-order chi connectivity index (χ0) is 15.0. The molecule has 0 aliphatic rings. The SMILES string of the molecule is CC(C)(C)c1ccc2oc(C(Cl)c3ccccc3)nc2c1. The second-order valence-electron chi connectivity index (χ2n) is 6.26. The Morgan fingerprint density at radius 3 is 2.43 bits per heavy atom. The Morgan fingerprint density at radius 1 is 1.05 bits per heavy atom. The molecule has 2 nitrogen and oxygen atoms in total. The number of fused-ring (bicyclic) bond motifs is 1. The van der Waals surface area contributed by atoms with Gasteiger partial charge in [-0.2, -0.15) is 0 Å². The van der Waals surface area contributed by atoms with Crippen LogP contribution >= 0.6 is 11.6 Å². The van der Waals surface area contributed by atoms with Crippen molar-refractivity contribution in [3.8, 4) is 0 Å². The molecule has 0 aliphatic heterocycles. The van der Waals surface area contributed by atoms with Crippen molar-refractivity contribution in [2.75, 3.05) is 0 Å². The van der Waals surface area contributed by atoms with Crippen LogP contribution in [0.1, 0.15) is 43.2 Å². The Labute approximate surface area is 129 Å². The third-order valence-corrected chi connectivity index (χ3v) is 4.02. The highest BCUT2D eigenvalue weighted by atomic mass is 35.5. The lowest BCUT2D eigenvalue weighted by atomic mass is 9.87. The van der Waals surface area contributed by atoms with Gasteiger partial charge in [-0.05, 0) is 28.7 Å². The fourth-order valence-electron chi connectivity index (χ4n) is 2.28. The van der Waals surface area contributed by atoms with E-state index in [0.717, 1.165) is 16.7 Å². The average Bonchev–Trinajstić information content (AvgIpc) is 2.89. The van der Waals surface area contributed by atoms with Gasteiger partial charge in [-0.1, -0.05) is 57.2 Å². The molecule has 0 amide bonds. The summed E-state index contributed by atoms with van der Waals surface area (Å²) < 4.78 is 5.81. The molecule has 1 heterocycles. The quantitative estimate of drug-likeness (QED) is 0.588. The van der Waals surface area contributed by atoms with Crippen LogP contribution in [0, 0.1) is 0 Å².